The number of rotatable bonds is 3. The van der Waals surface area contributed by atoms with Crippen LogP contribution >= 0.6 is 0 Å². The number of anilines is 3. The molecule has 0 aliphatic carbocycles. The third-order valence-corrected chi connectivity index (χ3v) is 3.75. The zero-order valence-electron chi connectivity index (χ0n) is 13.4. The summed E-state index contributed by atoms with van der Waals surface area (Å²) in [5.74, 6) is 5.46. The fourth-order valence-corrected chi connectivity index (χ4v) is 2.54. The SMILES string of the molecule is CN(N)c1cc(-n2nc(N)cc2-c2ccc(C#N)c(F)c2)ccc1N. The smallest absolute Gasteiger partial charge is 0.146 e. The first-order chi connectivity index (χ1) is 11.9. The molecule has 3 rings (SSSR count). The molecular formula is C17H16FN7. The van der Waals surface area contributed by atoms with Gasteiger partial charge in [-0.05, 0) is 30.3 Å². The number of hydrazine groups is 1. The molecular weight excluding hydrogens is 321 g/mol. The first kappa shape index (κ1) is 16.3. The molecule has 0 radical (unpaired) electrons. The number of halogens is 1. The van der Waals surface area contributed by atoms with E-state index < -0.39 is 5.82 Å². The van der Waals surface area contributed by atoms with E-state index in [1.165, 1.54) is 17.1 Å². The molecule has 0 aliphatic rings. The van der Waals surface area contributed by atoms with Crippen molar-refractivity contribution in [2.75, 3.05) is 23.5 Å². The Hall–Kier alpha value is -3.57. The highest BCUT2D eigenvalue weighted by Gasteiger charge is 2.14. The lowest BCUT2D eigenvalue weighted by atomic mass is 10.1. The predicted octanol–water partition coefficient (Wildman–Crippen LogP) is 2.02. The predicted molar refractivity (Wildman–Crippen MR) is 95.1 cm³/mol. The van der Waals surface area contributed by atoms with Crippen LogP contribution in [0, 0.1) is 17.1 Å². The van der Waals surface area contributed by atoms with E-state index in [2.05, 4.69) is 5.10 Å². The van der Waals surface area contributed by atoms with E-state index >= 15 is 0 Å². The van der Waals surface area contributed by atoms with Crippen LogP contribution in [-0.4, -0.2) is 16.8 Å². The second-order valence-electron chi connectivity index (χ2n) is 5.53. The quantitative estimate of drug-likeness (QED) is 0.382. The van der Waals surface area contributed by atoms with E-state index in [4.69, 9.17) is 22.6 Å². The van der Waals surface area contributed by atoms with E-state index in [0.29, 0.717) is 28.3 Å². The molecule has 1 aromatic heterocycles. The minimum atomic E-state index is -0.606. The molecule has 0 saturated heterocycles. The van der Waals surface area contributed by atoms with Crippen LogP contribution in [0.4, 0.5) is 21.6 Å². The molecule has 0 unspecified atom stereocenters. The van der Waals surface area contributed by atoms with Gasteiger partial charge in [-0.1, -0.05) is 6.07 Å². The lowest BCUT2D eigenvalue weighted by Gasteiger charge is -2.17. The minimum Gasteiger partial charge on any atom is -0.397 e. The van der Waals surface area contributed by atoms with Crippen molar-refractivity contribution >= 4 is 17.2 Å². The van der Waals surface area contributed by atoms with Crippen LogP contribution in [0.1, 0.15) is 5.56 Å². The van der Waals surface area contributed by atoms with Crippen molar-refractivity contribution < 1.29 is 4.39 Å². The van der Waals surface area contributed by atoms with Crippen LogP contribution in [0.3, 0.4) is 0 Å². The van der Waals surface area contributed by atoms with E-state index in [1.54, 1.807) is 48.1 Å². The Labute approximate surface area is 143 Å². The van der Waals surface area contributed by atoms with Gasteiger partial charge in [0, 0.05) is 18.7 Å². The Morgan fingerprint density at radius 3 is 2.56 bits per heavy atom. The Kier molecular flexibility index (Phi) is 4.00. The van der Waals surface area contributed by atoms with Gasteiger partial charge in [-0.25, -0.2) is 14.9 Å². The number of nitrogen functional groups attached to an aromatic ring is 2. The van der Waals surface area contributed by atoms with Crippen molar-refractivity contribution in [3.05, 3.63) is 53.8 Å². The topological polar surface area (TPSA) is 123 Å². The van der Waals surface area contributed by atoms with Gasteiger partial charge in [0.2, 0.25) is 0 Å². The van der Waals surface area contributed by atoms with Crippen molar-refractivity contribution in [1.29, 1.82) is 5.26 Å². The van der Waals surface area contributed by atoms with Crippen LogP contribution in [-0.2, 0) is 0 Å². The molecule has 8 heteroatoms. The fourth-order valence-electron chi connectivity index (χ4n) is 2.54. The zero-order valence-corrected chi connectivity index (χ0v) is 13.4. The number of nitrogens with two attached hydrogens (primary N) is 3. The van der Waals surface area contributed by atoms with Crippen molar-refractivity contribution in [3.63, 3.8) is 0 Å². The van der Waals surface area contributed by atoms with Crippen LogP contribution in [0.15, 0.2) is 42.5 Å². The Morgan fingerprint density at radius 1 is 1.16 bits per heavy atom. The molecule has 0 aliphatic heterocycles. The molecule has 25 heavy (non-hydrogen) atoms. The summed E-state index contributed by atoms with van der Waals surface area (Å²) in [5.41, 5.74) is 14.6. The van der Waals surface area contributed by atoms with Crippen molar-refractivity contribution in [1.82, 2.24) is 9.78 Å². The summed E-state index contributed by atoms with van der Waals surface area (Å²) < 4.78 is 15.5. The molecule has 3 aromatic rings. The first-order valence-electron chi connectivity index (χ1n) is 7.34. The molecule has 0 spiro atoms. The molecule has 0 saturated carbocycles. The molecule has 0 bridgehead atoms. The lowest BCUT2D eigenvalue weighted by Crippen LogP contribution is -2.26. The summed E-state index contributed by atoms with van der Waals surface area (Å²) in [7, 11) is 1.67. The first-order valence-corrected chi connectivity index (χ1v) is 7.34. The maximum Gasteiger partial charge on any atom is 0.146 e. The number of nitrogens with zero attached hydrogens (tertiary/aromatic N) is 4. The van der Waals surface area contributed by atoms with Gasteiger partial charge in [-0.2, -0.15) is 10.4 Å². The number of benzene rings is 2. The Balaban J connectivity index is 2.16. The average molecular weight is 337 g/mol. The zero-order chi connectivity index (χ0) is 18.1. The average Bonchev–Trinajstić information content (AvgIpc) is 2.96. The molecule has 0 fully saturated rings. The maximum absolute atomic E-state index is 14.0. The van der Waals surface area contributed by atoms with Gasteiger partial charge in [0.05, 0.1) is 28.3 Å². The summed E-state index contributed by atoms with van der Waals surface area (Å²) in [4.78, 5) is 0. The molecule has 0 atom stereocenters. The van der Waals surface area contributed by atoms with Crippen molar-refractivity contribution in [3.8, 4) is 23.0 Å². The van der Waals surface area contributed by atoms with Gasteiger partial charge in [0.25, 0.3) is 0 Å². The van der Waals surface area contributed by atoms with Gasteiger partial charge < -0.3 is 16.5 Å². The van der Waals surface area contributed by atoms with Crippen LogP contribution in [0.25, 0.3) is 16.9 Å². The summed E-state index contributed by atoms with van der Waals surface area (Å²) >= 11 is 0. The normalized spacial score (nSPS) is 10.5. The van der Waals surface area contributed by atoms with Crippen LogP contribution in [0.2, 0.25) is 0 Å². The summed E-state index contributed by atoms with van der Waals surface area (Å²) in [5, 5.41) is 14.5. The van der Waals surface area contributed by atoms with E-state index in [-0.39, 0.29) is 11.4 Å². The van der Waals surface area contributed by atoms with Crippen LogP contribution < -0.4 is 22.3 Å². The Morgan fingerprint density at radius 2 is 1.92 bits per heavy atom. The third-order valence-electron chi connectivity index (χ3n) is 3.75. The standard InChI is InChI=1S/C17H16FN7/c1-24(22)16-7-12(4-5-14(16)20)25-15(8-17(21)23-25)10-2-3-11(9-19)13(18)6-10/h2-8H,20,22H2,1H3,(H2,21,23). The van der Waals surface area contributed by atoms with Gasteiger partial charge in [0.1, 0.15) is 17.7 Å². The van der Waals surface area contributed by atoms with Gasteiger partial charge >= 0.3 is 0 Å². The van der Waals surface area contributed by atoms with Crippen molar-refractivity contribution in [2.45, 2.75) is 0 Å². The highest BCUT2D eigenvalue weighted by molar-refractivity contribution is 5.72. The molecule has 126 valence electrons. The van der Waals surface area contributed by atoms with E-state index in [0.717, 1.165) is 0 Å². The van der Waals surface area contributed by atoms with Gasteiger partial charge in [0.15, 0.2) is 0 Å². The molecule has 7 nitrogen and oxygen atoms in total. The molecule has 2 aromatic carbocycles. The number of hydrogen-bond acceptors (Lipinski definition) is 6. The molecule has 0 amide bonds. The van der Waals surface area contributed by atoms with E-state index in [9.17, 15) is 4.39 Å². The van der Waals surface area contributed by atoms with Gasteiger partial charge in [-0.3, -0.25) is 0 Å². The summed E-state index contributed by atoms with van der Waals surface area (Å²) in [6, 6.07) is 13.0. The largest absolute Gasteiger partial charge is 0.397 e. The Bertz CT molecular complexity index is 985. The van der Waals surface area contributed by atoms with Gasteiger partial charge in [-0.15, -0.1) is 0 Å². The van der Waals surface area contributed by atoms with E-state index in [1.807, 2.05) is 0 Å². The maximum atomic E-state index is 14.0. The minimum absolute atomic E-state index is 0.0256. The van der Waals surface area contributed by atoms with Crippen molar-refractivity contribution in [2.24, 2.45) is 5.84 Å². The third kappa shape index (κ3) is 2.96. The monoisotopic (exact) mass is 337 g/mol. The highest BCUT2D eigenvalue weighted by Crippen LogP contribution is 2.29. The number of hydrogen-bond donors (Lipinski definition) is 3. The number of nitriles is 1. The second kappa shape index (κ2) is 6.14. The molecule has 6 N–H and O–H groups in total. The lowest BCUT2D eigenvalue weighted by molar-refractivity contribution is 0.624. The summed E-state index contributed by atoms with van der Waals surface area (Å²) in [6.45, 7) is 0. The summed E-state index contributed by atoms with van der Waals surface area (Å²) in [6.07, 6.45) is 0. The fraction of sp³-hybridized carbons (Fsp3) is 0.0588. The number of aromatic nitrogens is 2. The highest BCUT2D eigenvalue weighted by atomic mass is 19.1. The molecule has 1 heterocycles. The van der Waals surface area contributed by atoms with Crippen LogP contribution in [0.5, 0.6) is 0 Å². The second-order valence-corrected chi connectivity index (χ2v) is 5.53.